The van der Waals surface area contributed by atoms with Crippen molar-refractivity contribution in [3.8, 4) is 0 Å². The topological polar surface area (TPSA) is 54.5 Å². The van der Waals surface area contributed by atoms with E-state index in [2.05, 4.69) is 6.92 Å². The zero-order valence-corrected chi connectivity index (χ0v) is 13.0. The maximum absolute atomic E-state index is 12.4. The lowest BCUT2D eigenvalue weighted by Crippen LogP contribution is -2.50. The first kappa shape index (κ1) is 14.0. The predicted octanol–water partition coefficient (Wildman–Crippen LogP) is 3.01. The third kappa shape index (κ3) is 1.65. The molecule has 2 aliphatic heterocycles. The fraction of sp³-hybridized carbons (Fsp3) is 0.471. The van der Waals surface area contributed by atoms with Crippen molar-refractivity contribution >= 4 is 23.2 Å². The third-order valence-electron chi connectivity index (χ3n) is 4.76. The average Bonchev–Trinajstić information content (AvgIpc) is 2.61. The number of amides is 1. The van der Waals surface area contributed by atoms with Gasteiger partial charge in [-0.25, -0.2) is 0 Å². The number of hydrogen-bond donors (Lipinski definition) is 0. The minimum absolute atomic E-state index is 0.0673. The van der Waals surface area contributed by atoms with E-state index in [1.807, 2.05) is 19.9 Å². The molecule has 4 heteroatoms. The fourth-order valence-corrected chi connectivity index (χ4v) is 3.89. The van der Waals surface area contributed by atoms with Gasteiger partial charge in [-0.1, -0.05) is 6.92 Å². The summed E-state index contributed by atoms with van der Waals surface area (Å²) in [6.45, 7) is 9.31. The highest BCUT2D eigenvalue weighted by Gasteiger charge is 2.50. The van der Waals surface area contributed by atoms with Crippen molar-refractivity contribution < 1.29 is 14.4 Å². The number of hydrogen-bond acceptors (Lipinski definition) is 3. The van der Waals surface area contributed by atoms with E-state index in [-0.39, 0.29) is 17.2 Å². The molecule has 0 fully saturated rings. The van der Waals surface area contributed by atoms with Gasteiger partial charge >= 0.3 is 0 Å². The maximum atomic E-state index is 12.4. The summed E-state index contributed by atoms with van der Waals surface area (Å²) in [5.74, 6) is -0.800. The van der Waals surface area contributed by atoms with Crippen LogP contribution in [0.2, 0.25) is 0 Å². The molecule has 1 aromatic rings. The van der Waals surface area contributed by atoms with Gasteiger partial charge < -0.3 is 0 Å². The average molecular weight is 285 g/mol. The summed E-state index contributed by atoms with van der Waals surface area (Å²) in [6.07, 6.45) is 0.777. The molecule has 1 amide bonds. The molecule has 0 saturated heterocycles. The second-order valence-corrected chi connectivity index (χ2v) is 6.81. The molecule has 1 aromatic carbocycles. The molecule has 2 aliphatic rings. The van der Waals surface area contributed by atoms with Crippen molar-refractivity contribution in [3.63, 3.8) is 0 Å². The van der Waals surface area contributed by atoms with Gasteiger partial charge in [0.25, 0.3) is 11.7 Å². The molecule has 21 heavy (non-hydrogen) atoms. The lowest BCUT2D eigenvalue weighted by molar-refractivity contribution is -0.115. The van der Waals surface area contributed by atoms with E-state index in [0.29, 0.717) is 16.7 Å². The van der Waals surface area contributed by atoms with Crippen molar-refractivity contribution in [2.24, 2.45) is 0 Å². The zero-order chi connectivity index (χ0) is 15.7. The number of rotatable bonds is 1. The number of nitrogens with zero attached hydrogens (tertiary/aromatic N) is 1. The first-order valence-electron chi connectivity index (χ1n) is 7.24. The van der Waals surface area contributed by atoms with Crippen LogP contribution in [0.25, 0.3) is 0 Å². The summed E-state index contributed by atoms with van der Waals surface area (Å²) in [6, 6.07) is 1.87. The summed E-state index contributed by atoms with van der Waals surface area (Å²) < 4.78 is 0. The quantitative estimate of drug-likeness (QED) is 0.588. The molecule has 0 aromatic heterocycles. The van der Waals surface area contributed by atoms with E-state index in [1.54, 1.807) is 11.8 Å². The van der Waals surface area contributed by atoms with Crippen LogP contribution in [0.15, 0.2) is 6.07 Å². The maximum Gasteiger partial charge on any atom is 0.299 e. The van der Waals surface area contributed by atoms with E-state index in [1.165, 1.54) is 6.92 Å². The van der Waals surface area contributed by atoms with Crippen LogP contribution >= 0.6 is 0 Å². The highest BCUT2D eigenvalue weighted by molar-refractivity contribution is 6.53. The first-order chi connectivity index (χ1) is 9.66. The van der Waals surface area contributed by atoms with Crippen molar-refractivity contribution in [1.82, 2.24) is 0 Å². The Balaban J connectivity index is 2.42. The van der Waals surface area contributed by atoms with Gasteiger partial charge in [-0.05, 0) is 57.2 Å². The van der Waals surface area contributed by atoms with Crippen molar-refractivity contribution in [1.29, 1.82) is 0 Å². The van der Waals surface area contributed by atoms with Crippen LogP contribution in [0, 0.1) is 6.92 Å². The summed E-state index contributed by atoms with van der Waals surface area (Å²) >= 11 is 0. The molecule has 0 radical (unpaired) electrons. The SMILES string of the molecule is CC(=O)c1cc2c3c(c1C)C(=O)C(=O)N3C(C)(C)C[C@@H]2C. The van der Waals surface area contributed by atoms with Gasteiger partial charge in [0.05, 0.1) is 11.3 Å². The Morgan fingerprint density at radius 3 is 2.52 bits per heavy atom. The second kappa shape index (κ2) is 4.03. The first-order valence-corrected chi connectivity index (χ1v) is 7.24. The molecule has 0 N–H and O–H groups in total. The highest BCUT2D eigenvalue weighted by atomic mass is 16.2. The smallest absolute Gasteiger partial charge is 0.299 e. The van der Waals surface area contributed by atoms with Crippen LogP contribution in [-0.4, -0.2) is 23.0 Å². The largest absolute Gasteiger partial charge is 0.299 e. The number of anilines is 1. The molecule has 0 aliphatic carbocycles. The number of benzene rings is 1. The summed E-state index contributed by atoms with van der Waals surface area (Å²) in [7, 11) is 0. The zero-order valence-electron chi connectivity index (χ0n) is 13.0. The number of ketones is 2. The minimum atomic E-state index is -0.478. The van der Waals surface area contributed by atoms with Gasteiger partial charge in [0.15, 0.2) is 5.78 Å². The molecular weight excluding hydrogens is 266 g/mol. The van der Waals surface area contributed by atoms with Crippen LogP contribution in [0.3, 0.4) is 0 Å². The van der Waals surface area contributed by atoms with E-state index < -0.39 is 11.7 Å². The van der Waals surface area contributed by atoms with Crippen LogP contribution in [-0.2, 0) is 4.79 Å². The van der Waals surface area contributed by atoms with E-state index >= 15 is 0 Å². The Hall–Kier alpha value is -1.97. The molecule has 0 unspecified atom stereocenters. The van der Waals surface area contributed by atoms with Gasteiger partial charge in [-0.2, -0.15) is 0 Å². The Kier molecular flexibility index (Phi) is 2.68. The van der Waals surface area contributed by atoms with Crippen molar-refractivity contribution in [2.45, 2.75) is 52.5 Å². The second-order valence-electron chi connectivity index (χ2n) is 6.81. The normalized spacial score (nSPS) is 22.5. The van der Waals surface area contributed by atoms with Crippen LogP contribution in [0.4, 0.5) is 5.69 Å². The van der Waals surface area contributed by atoms with Gasteiger partial charge in [-0.15, -0.1) is 0 Å². The molecule has 1 atom stereocenters. The highest BCUT2D eigenvalue weighted by Crippen LogP contribution is 2.50. The van der Waals surface area contributed by atoms with Crippen molar-refractivity contribution in [2.75, 3.05) is 4.90 Å². The van der Waals surface area contributed by atoms with E-state index in [4.69, 9.17) is 0 Å². The monoisotopic (exact) mass is 285 g/mol. The van der Waals surface area contributed by atoms with Gasteiger partial charge in [-0.3, -0.25) is 19.3 Å². The van der Waals surface area contributed by atoms with Crippen LogP contribution < -0.4 is 4.90 Å². The van der Waals surface area contributed by atoms with Crippen molar-refractivity contribution in [3.05, 3.63) is 28.3 Å². The Labute approximate surface area is 124 Å². The molecule has 3 rings (SSSR count). The summed E-state index contributed by atoms with van der Waals surface area (Å²) in [5, 5.41) is 0. The number of Topliss-reactive ketones (excluding diaryl/α,β-unsaturated/α-hetero) is 2. The lowest BCUT2D eigenvalue weighted by Gasteiger charge is -2.43. The van der Waals surface area contributed by atoms with Gasteiger partial charge in [0.1, 0.15) is 0 Å². The van der Waals surface area contributed by atoms with E-state index in [9.17, 15) is 14.4 Å². The standard InChI is InChI=1S/C17H19NO3/c1-8-7-17(4,5)18-14-11(8)6-12(10(3)19)9(2)13(14)15(20)16(18)21/h6,8H,7H2,1-5H3/t8-/m0/s1. The van der Waals surface area contributed by atoms with E-state index in [0.717, 1.165) is 17.7 Å². The Bertz CT molecular complexity index is 715. The summed E-state index contributed by atoms with van der Waals surface area (Å²) in [4.78, 5) is 38.3. The molecule has 0 bridgehead atoms. The minimum Gasteiger partial charge on any atom is -0.299 e. The van der Waals surface area contributed by atoms with Crippen LogP contribution in [0.1, 0.15) is 71.9 Å². The van der Waals surface area contributed by atoms with Gasteiger partial charge in [0, 0.05) is 11.1 Å². The molecular formula is C17H19NO3. The predicted molar refractivity (Wildman–Crippen MR) is 80.1 cm³/mol. The molecule has 0 spiro atoms. The third-order valence-corrected chi connectivity index (χ3v) is 4.76. The summed E-state index contributed by atoms with van der Waals surface area (Å²) in [5.41, 5.74) is 2.91. The number of carbonyl (C=O) groups is 3. The van der Waals surface area contributed by atoms with Crippen LogP contribution in [0.5, 0.6) is 0 Å². The molecule has 110 valence electrons. The van der Waals surface area contributed by atoms with Gasteiger partial charge in [0.2, 0.25) is 0 Å². The lowest BCUT2D eigenvalue weighted by atomic mass is 9.78. The Morgan fingerprint density at radius 2 is 1.95 bits per heavy atom. The molecule has 2 heterocycles. The molecule has 4 nitrogen and oxygen atoms in total. The molecule has 0 saturated carbocycles. The number of carbonyl (C=O) groups excluding carboxylic acids is 3. The fourth-order valence-electron chi connectivity index (χ4n) is 3.89. The Morgan fingerprint density at radius 1 is 1.33 bits per heavy atom.